The van der Waals surface area contributed by atoms with Crippen molar-refractivity contribution in [1.29, 1.82) is 0 Å². The van der Waals surface area contributed by atoms with Crippen molar-refractivity contribution in [3.8, 4) is 0 Å². The van der Waals surface area contributed by atoms with E-state index in [0.717, 1.165) is 5.56 Å². The topological polar surface area (TPSA) is 54.0 Å². The van der Waals surface area contributed by atoms with E-state index in [9.17, 15) is 13.9 Å². The van der Waals surface area contributed by atoms with Gasteiger partial charge in [-0.3, -0.25) is 4.90 Å². The van der Waals surface area contributed by atoms with Crippen molar-refractivity contribution in [2.75, 3.05) is 39.6 Å². The molecule has 0 spiro atoms. The normalized spacial score (nSPS) is 32.1. The largest absolute Gasteiger partial charge is 0.394 e. The minimum Gasteiger partial charge on any atom is -0.394 e. The van der Waals surface area contributed by atoms with E-state index in [2.05, 4.69) is 10.2 Å². The van der Waals surface area contributed by atoms with Crippen LogP contribution in [0.3, 0.4) is 0 Å². The first-order valence-electron chi connectivity index (χ1n) is 9.65. The molecule has 7 heteroatoms. The number of hydrogen-bond donors (Lipinski definition) is 2. The maximum Gasteiger partial charge on any atom is 0.265 e. The van der Waals surface area contributed by atoms with Gasteiger partial charge in [0, 0.05) is 32.2 Å². The SMILES string of the molecule is C[C@@H]1COC[C@@](CO)(CNC2CCOCCC2(F)F)N1Cc1ccccc1. The lowest BCUT2D eigenvalue weighted by Gasteiger charge is -2.50. The van der Waals surface area contributed by atoms with Crippen molar-refractivity contribution < 1.29 is 23.4 Å². The summed E-state index contributed by atoms with van der Waals surface area (Å²) in [6.45, 7) is 4.02. The van der Waals surface area contributed by atoms with E-state index in [1.54, 1.807) is 0 Å². The lowest BCUT2D eigenvalue weighted by atomic mass is 9.92. The molecule has 2 fully saturated rings. The second-order valence-electron chi connectivity index (χ2n) is 7.71. The minimum atomic E-state index is -2.82. The highest BCUT2D eigenvalue weighted by molar-refractivity contribution is 5.16. The Morgan fingerprint density at radius 2 is 2.00 bits per heavy atom. The van der Waals surface area contributed by atoms with E-state index < -0.39 is 17.5 Å². The third kappa shape index (κ3) is 4.84. The number of aliphatic hydroxyl groups is 1. The molecule has 2 saturated heterocycles. The number of halogens is 2. The van der Waals surface area contributed by atoms with Crippen LogP contribution in [0.1, 0.15) is 25.3 Å². The molecule has 0 amide bonds. The first-order valence-corrected chi connectivity index (χ1v) is 9.65. The second-order valence-corrected chi connectivity index (χ2v) is 7.71. The lowest BCUT2D eigenvalue weighted by Crippen LogP contribution is -2.67. The summed E-state index contributed by atoms with van der Waals surface area (Å²) in [5.74, 6) is -2.82. The van der Waals surface area contributed by atoms with E-state index in [1.165, 1.54) is 0 Å². The van der Waals surface area contributed by atoms with Gasteiger partial charge in [0.15, 0.2) is 0 Å². The van der Waals surface area contributed by atoms with Crippen LogP contribution >= 0.6 is 0 Å². The molecule has 2 N–H and O–H groups in total. The molecule has 0 saturated carbocycles. The predicted octanol–water partition coefficient (Wildman–Crippen LogP) is 2.04. The molecule has 2 heterocycles. The highest BCUT2D eigenvalue weighted by Crippen LogP contribution is 2.30. The Kier molecular flexibility index (Phi) is 6.81. The lowest BCUT2D eigenvalue weighted by molar-refractivity contribution is -0.127. The molecule has 152 valence electrons. The molecule has 5 nitrogen and oxygen atoms in total. The van der Waals surface area contributed by atoms with Gasteiger partial charge in [0.1, 0.15) is 0 Å². The van der Waals surface area contributed by atoms with E-state index in [4.69, 9.17) is 9.47 Å². The number of ether oxygens (including phenoxy) is 2. The number of benzene rings is 1. The molecular formula is C20H30F2N2O3. The van der Waals surface area contributed by atoms with Gasteiger partial charge in [-0.2, -0.15) is 0 Å². The zero-order valence-electron chi connectivity index (χ0n) is 15.9. The van der Waals surface area contributed by atoms with Crippen molar-refractivity contribution in [1.82, 2.24) is 10.2 Å². The fraction of sp³-hybridized carbons (Fsp3) is 0.700. The second kappa shape index (κ2) is 8.92. The third-order valence-corrected chi connectivity index (χ3v) is 5.68. The van der Waals surface area contributed by atoms with Gasteiger partial charge in [-0.05, 0) is 18.9 Å². The van der Waals surface area contributed by atoms with Crippen LogP contribution in [-0.2, 0) is 16.0 Å². The van der Waals surface area contributed by atoms with Crippen LogP contribution < -0.4 is 5.32 Å². The Bertz CT molecular complexity index is 590. The van der Waals surface area contributed by atoms with Crippen LogP contribution in [0.5, 0.6) is 0 Å². The van der Waals surface area contributed by atoms with Crippen molar-refractivity contribution in [2.24, 2.45) is 0 Å². The summed E-state index contributed by atoms with van der Waals surface area (Å²) in [6, 6.07) is 9.11. The maximum absolute atomic E-state index is 14.4. The Balaban J connectivity index is 1.75. The van der Waals surface area contributed by atoms with Crippen LogP contribution in [0.15, 0.2) is 30.3 Å². The Labute approximate surface area is 159 Å². The third-order valence-electron chi connectivity index (χ3n) is 5.68. The number of nitrogens with zero attached hydrogens (tertiary/aromatic N) is 1. The number of aliphatic hydroxyl groups excluding tert-OH is 1. The van der Waals surface area contributed by atoms with E-state index >= 15 is 0 Å². The van der Waals surface area contributed by atoms with Gasteiger partial charge >= 0.3 is 0 Å². The maximum atomic E-state index is 14.4. The number of rotatable bonds is 6. The Morgan fingerprint density at radius 3 is 2.74 bits per heavy atom. The van der Waals surface area contributed by atoms with Gasteiger partial charge in [-0.15, -0.1) is 0 Å². The fourth-order valence-corrected chi connectivity index (χ4v) is 3.97. The van der Waals surface area contributed by atoms with E-state index in [-0.39, 0.29) is 38.6 Å². The molecule has 1 aromatic rings. The molecule has 0 aliphatic carbocycles. The summed E-state index contributed by atoms with van der Waals surface area (Å²) in [4.78, 5) is 2.18. The molecular weight excluding hydrogens is 354 g/mol. The summed E-state index contributed by atoms with van der Waals surface area (Å²) in [7, 11) is 0. The van der Waals surface area contributed by atoms with Gasteiger partial charge in [0.05, 0.1) is 38.0 Å². The first-order chi connectivity index (χ1) is 13.0. The molecule has 1 unspecified atom stereocenters. The van der Waals surface area contributed by atoms with Crippen LogP contribution in [0.25, 0.3) is 0 Å². The summed E-state index contributed by atoms with van der Waals surface area (Å²) in [6.07, 6.45) is -0.0268. The van der Waals surface area contributed by atoms with Gasteiger partial charge in [-0.1, -0.05) is 30.3 Å². The van der Waals surface area contributed by atoms with Crippen LogP contribution in [-0.4, -0.2) is 73.1 Å². The van der Waals surface area contributed by atoms with Gasteiger partial charge in [0.25, 0.3) is 5.92 Å². The molecule has 0 bridgehead atoms. The molecule has 1 aromatic carbocycles. The molecule has 2 aliphatic rings. The fourth-order valence-electron chi connectivity index (χ4n) is 3.97. The van der Waals surface area contributed by atoms with Gasteiger partial charge in [0.2, 0.25) is 0 Å². The van der Waals surface area contributed by atoms with Crippen LogP contribution in [0.4, 0.5) is 8.78 Å². The van der Waals surface area contributed by atoms with Crippen molar-refractivity contribution in [3.63, 3.8) is 0 Å². The monoisotopic (exact) mass is 384 g/mol. The number of hydrogen-bond acceptors (Lipinski definition) is 5. The van der Waals surface area contributed by atoms with Crippen LogP contribution in [0, 0.1) is 0 Å². The molecule has 2 aliphatic heterocycles. The standard InChI is InChI=1S/C20H30F2N2O3/c1-16-12-27-15-19(14-25,24(16)11-17-5-3-2-4-6-17)13-23-18-7-9-26-10-8-20(18,21)22/h2-6,16,18,23,25H,7-15H2,1H3/t16-,18?,19+/m1/s1. The minimum absolute atomic E-state index is 0.0749. The summed E-state index contributed by atoms with van der Waals surface area (Å²) < 4.78 is 39.7. The van der Waals surface area contributed by atoms with Gasteiger partial charge < -0.3 is 19.9 Å². The number of nitrogens with one attached hydrogen (secondary N) is 1. The average Bonchev–Trinajstić information content (AvgIpc) is 2.83. The van der Waals surface area contributed by atoms with Gasteiger partial charge in [-0.25, -0.2) is 8.78 Å². The smallest absolute Gasteiger partial charge is 0.265 e. The molecule has 0 radical (unpaired) electrons. The number of morpholine rings is 1. The predicted molar refractivity (Wildman–Crippen MR) is 98.9 cm³/mol. The molecule has 3 atom stereocenters. The van der Waals surface area contributed by atoms with Crippen LogP contribution in [0.2, 0.25) is 0 Å². The zero-order valence-corrected chi connectivity index (χ0v) is 15.9. The zero-order chi connectivity index (χ0) is 19.3. The summed E-state index contributed by atoms with van der Waals surface area (Å²) >= 11 is 0. The highest BCUT2D eigenvalue weighted by atomic mass is 19.3. The van der Waals surface area contributed by atoms with Crippen molar-refractivity contribution >= 4 is 0 Å². The molecule has 0 aromatic heterocycles. The quantitative estimate of drug-likeness (QED) is 0.786. The average molecular weight is 384 g/mol. The first kappa shape index (κ1) is 20.6. The summed E-state index contributed by atoms with van der Waals surface area (Å²) in [5, 5.41) is 13.3. The van der Waals surface area contributed by atoms with Crippen molar-refractivity contribution in [2.45, 2.75) is 49.9 Å². The Hall–Kier alpha value is -1.12. The summed E-state index contributed by atoms with van der Waals surface area (Å²) in [5.41, 5.74) is 0.383. The molecule has 27 heavy (non-hydrogen) atoms. The van der Waals surface area contributed by atoms with E-state index in [1.807, 2.05) is 37.3 Å². The Morgan fingerprint density at radius 1 is 1.22 bits per heavy atom. The number of alkyl halides is 2. The molecule has 3 rings (SSSR count). The van der Waals surface area contributed by atoms with Crippen molar-refractivity contribution in [3.05, 3.63) is 35.9 Å². The van der Waals surface area contributed by atoms with E-state index in [0.29, 0.717) is 26.4 Å². The highest BCUT2D eigenvalue weighted by Gasteiger charge is 2.46.